The van der Waals surface area contributed by atoms with E-state index in [9.17, 15) is 14.0 Å². The molecule has 0 atom stereocenters. The lowest BCUT2D eigenvalue weighted by Crippen LogP contribution is -2.39. The van der Waals surface area contributed by atoms with Gasteiger partial charge in [-0.15, -0.1) is 0 Å². The molecule has 2 N–H and O–H groups in total. The van der Waals surface area contributed by atoms with Crippen LogP contribution in [0.25, 0.3) is 10.9 Å². The molecule has 1 aromatic heterocycles. The van der Waals surface area contributed by atoms with Crippen molar-refractivity contribution in [2.45, 2.75) is 13.0 Å². The van der Waals surface area contributed by atoms with Crippen molar-refractivity contribution in [1.82, 2.24) is 9.88 Å². The molecule has 144 valence electrons. The third-order valence-electron chi connectivity index (χ3n) is 4.79. The standard InChI is InChI=1S/C20H16Cl2FN3O2/c21-11-2-1-3-12(8-11)24-17(27)10-26-7-6-16-14(9-26)20(28)13-4-5-15(22)18(23)19(13)25-16/h1-5,8H,6-7,9-10H2,(H,24,27)(H,25,28). The fraction of sp³-hybridized carbons (Fsp3) is 0.200. The minimum atomic E-state index is -0.623. The maximum atomic E-state index is 14.3. The zero-order valence-electron chi connectivity index (χ0n) is 14.7. The smallest absolute Gasteiger partial charge is 0.238 e. The SMILES string of the molecule is O=C(CN1CCc2[nH]c3c(F)c(Cl)ccc3c(=O)c2C1)Nc1cccc(Cl)c1. The van der Waals surface area contributed by atoms with Crippen LogP contribution in [-0.2, 0) is 17.8 Å². The number of aromatic nitrogens is 1. The first-order valence-corrected chi connectivity index (χ1v) is 9.47. The van der Waals surface area contributed by atoms with Crippen LogP contribution in [0, 0.1) is 5.82 Å². The molecule has 8 heteroatoms. The van der Waals surface area contributed by atoms with Crippen LogP contribution in [0.2, 0.25) is 10.0 Å². The molecular formula is C20H16Cl2FN3O2. The number of rotatable bonds is 3. The van der Waals surface area contributed by atoms with Crippen molar-refractivity contribution < 1.29 is 9.18 Å². The van der Waals surface area contributed by atoms with Gasteiger partial charge in [0.25, 0.3) is 0 Å². The predicted octanol–water partition coefficient (Wildman–Crippen LogP) is 3.97. The molecule has 28 heavy (non-hydrogen) atoms. The highest BCUT2D eigenvalue weighted by atomic mass is 35.5. The average molecular weight is 420 g/mol. The van der Waals surface area contributed by atoms with Crippen molar-refractivity contribution in [3.8, 4) is 0 Å². The highest BCUT2D eigenvalue weighted by molar-refractivity contribution is 6.31. The molecule has 0 bridgehead atoms. The van der Waals surface area contributed by atoms with Gasteiger partial charge in [-0.25, -0.2) is 4.39 Å². The zero-order chi connectivity index (χ0) is 19.8. The minimum Gasteiger partial charge on any atom is -0.355 e. The lowest BCUT2D eigenvalue weighted by atomic mass is 10.0. The van der Waals surface area contributed by atoms with Gasteiger partial charge in [-0.3, -0.25) is 14.5 Å². The van der Waals surface area contributed by atoms with E-state index in [-0.39, 0.29) is 33.8 Å². The number of halogens is 3. The Morgan fingerprint density at radius 3 is 2.86 bits per heavy atom. The molecule has 5 nitrogen and oxygen atoms in total. The fourth-order valence-electron chi connectivity index (χ4n) is 3.45. The number of fused-ring (bicyclic) bond motifs is 2. The van der Waals surface area contributed by atoms with Crippen LogP contribution < -0.4 is 10.7 Å². The molecule has 0 aliphatic carbocycles. The number of amides is 1. The van der Waals surface area contributed by atoms with Gasteiger partial charge in [0.15, 0.2) is 11.2 Å². The number of pyridine rings is 1. The number of hydrogen-bond donors (Lipinski definition) is 2. The quantitative estimate of drug-likeness (QED) is 0.674. The van der Waals surface area contributed by atoms with E-state index in [0.29, 0.717) is 41.5 Å². The number of carbonyl (C=O) groups excluding carboxylic acids is 1. The number of hydrogen-bond acceptors (Lipinski definition) is 3. The Balaban J connectivity index is 1.54. The Morgan fingerprint density at radius 1 is 1.25 bits per heavy atom. The molecular weight excluding hydrogens is 404 g/mol. The number of nitrogens with one attached hydrogen (secondary N) is 2. The topological polar surface area (TPSA) is 65.2 Å². The molecule has 2 aromatic carbocycles. The van der Waals surface area contributed by atoms with E-state index in [2.05, 4.69) is 10.3 Å². The summed E-state index contributed by atoms with van der Waals surface area (Å²) < 4.78 is 14.3. The van der Waals surface area contributed by atoms with Crippen molar-refractivity contribution in [2.24, 2.45) is 0 Å². The summed E-state index contributed by atoms with van der Waals surface area (Å²) in [5, 5.41) is 3.56. The Labute approximate surface area is 170 Å². The molecule has 3 aromatic rings. The summed E-state index contributed by atoms with van der Waals surface area (Å²) >= 11 is 11.7. The maximum absolute atomic E-state index is 14.3. The first-order chi connectivity index (χ1) is 13.4. The van der Waals surface area contributed by atoms with Gasteiger partial charge in [-0.1, -0.05) is 29.3 Å². The predicted molar refractivity (Wildman–Crippen MR) is 109 cm³/mol. The van der Waals surface area contributed by atoms with E-state index >= 15 is 0 Å². The van der Waals surface area contributed by atoms with Gasteiger partial charge in [-0.2, -0.15) is 0 Å². The second kappa shape index (κ2) is 7.54. The van der Waals surface area contributed by atoms with Gasteiger partial charge in [0, 0.05) is 46.9 Å². The minimum absolute atomic E-state index is 0.0294. The van der Waals surface area contributed by atoms with Gasteiger partial charge in [0.05, 0.1) is 17.1 Å². The van der Waals surface area contributed by atoms with Gasteiger partial charge in [-0.05, 0) is 30.3 Å². The fourth-order valence-corrected chi connectivity index (χ4v) is 3.79. The molecule has 0 unspecified atom stereocenters. The number of anilines is 1. The van der Waals surface area contributed by atoms with Crippen LogP contribution in [0.5, 0.6) is 0 Å². The van der Waals surface area contributed by atoms with E-state index in [1.807, 2.05) is 4.90 Å². The number of aromatic amines is 1. The van der Waals surface area contributed by atoms with Gasteiger partial charge >= 0.3 is 0 Å². The monoisotopic (exact) mass is 419 g/mol. The molecule has 0 spiro atoms. The third-order valence-corrected chi connectivity index (χ3v) is 5.32. The van der Waals surface area contributed by atoms with Crippen molar-refractivity contribution in [2.75, 3.05) is 18.4 Å². The van der Waals surface area contributed by atoms with Crippen LogP contribution in [0.4, 0.5) is 10.1 Å². The molecule has 1 amide bonds. The summed E-state index contributed by atoms with van der Waals surface area (Å²) in [5.74, 6) is -0.817. The normalized spacial score (nSPS) is 14.1. The van der Waals surface area contributed by atoms with Crippen LogP contribution in [0.1, 0.15) is 11.3 Å². The second-order valence-electron chi connectivity index (χ2n) is 6.71. The third kappa shape index (κ3) is 3.63. The van der Waals surface area contributed by atoms with E-state index in [1.165, 1.54) is 12.1 Å². The van der Waals surface area contributed by atoms with Crippen LogP contribution in [0.15, 0.2) is 41.2 Å². The summed E-state index contributed by atoms with van der Waals surface area (Å²) in [4.78, 5) is 30.1. The molecule has 1 aliphatic heterocycles. The molecule has 1 aliphatic rings. The lowest BCUT2D eigenvalue weighted by Gasteiger charge is -2.28. The average Bonchev–Trinajstić information content (AvgIpc) is 2.66. The van der Waals surface area contributed by atoms with Crippen LogP contribution in [-0.4, -0.2) is 28.9 Å². The van der Waals surface area contributed by atoms with Crippen molar-refractivity contribution >= 4 is 45.7 Å². The Morgan fingerprint density at radius 2 is 2.07 bits per heavy atom. The molecule has 0 fully saturated rings. The zero-order valence-corrected chi connectivity index (χ0v) is 16.2. The largest absolute Gasteiger partial charge is 0.355 e. The molecule has 4 rings (SSSR count). The summed E-state index contributed by atoms with van der Waals surface area (Å²) in [6.45, 7) is 1.02. The summed E-state index contributed by atoms with van der Waals surface area (Å²) in [5.41, 5.74) is 1.75. The summed E-state index contributed by atoms with van der Waals surface area (Å²) in [6.07, 6.45) is 0.511. The Hall–Kier alpha value is -2.41. The van der Waals surface area contributed by atoms with Gasteiger partial charge < -0.3 is 10.3 Å². The Bertz CT molecular complexity index is 1150. The van der Waals surface area contributed by atoms with Gasteiger partial charge in [0.1, 0.15) is 0 Å². The summed E-state index contributed by atoms with van der Waals surface area (Å²) in [6, 6.07) is 9.80. The Kier molecular flexibility index (Phi) is 5.10. The van der Waals surface area contributed by atoms with Crippen LogP contribution in [0.3, 0.4) is 0 Å². The van der Waals surface area contributed by atoms with Crippen molar-refractivity contribution in [3.05, 3.63) is 73.7 Å². The maximum Gasteiger partial charge on any atom is 0.238 e. The second-order valence-corrected chi connectivity index (χ2v) is 7.56. The highest BCUT2D eigenvalue weighted by Gasteiger charge is 2.23. The summed E-state index contributed by atoms with van der Waals surface area (Å²) in [7, 11) is 0. The van der Waals surface area contributed by atoms with E-state index in [1.54, 1.807) is 24.3 Å². The first-order valence-electron chi connectivity index (χ1n) is 8.72. The van der Waals surface area contributed by atoms with E-state index in [0.717, 1.165) is 0 Å². The van der Waals surface area contributed by atoms with E-state index in [4.69, 9.17) is 23.2 Å². The lowest BCUT2D eigenvalue weighted by molar-refractivity contribution is -0.117. The highest BCUT2D eigenvalue weighted by Crippen LogP contribution is 2.24. The molecule has 0 saturated heterocycles. The van der Waals surface area contributed by atoms with Crippen molar-refractivity contribution in [1.29, 1.82) is 0 Å². The first kappa shape index (κ1) is 18.9. The molecule has 0 radical (unpaired) electrons. The molecule has 0 saturated carbocycles. The van der Waals surface area contributed by atoms with Crippen LogP contribution >= 0.6 is 23.2 Å². The number of benzene rings is 2. The number of carbonyl (C=O) groups is 1. The number of H-pyrrole nitrogens is 1. The van der Waals surface area contributed by atoms with Crippen molar-refractivity contribution in [3.63, 3.8) is 0 Å². The van der Waals surface area contributed by atoms with Gasteiger partial charge in [0.2, 0.25) is 5.91 Å². The number of nitrogens with zero attached hydrogens (tertiary/aromatic N) is 1. The molecule has 2 heterocycles. The van der Waals surface area contributed by atoms with E-state index < -0.39 is 5.82 Å².